The van der Waals surface area contributed by atoms with E-state index in [9.17, 15) is 31.2 Å². The number of amides is 2. The highest BCUT2D eigenvalue weighted by atomic mass is 32.2. The number of thiophene rings is 1. The van der Waals surface area contributed by atoms with Gasteiger partial charge in [0, 0.05) is 79.8 Å². The molecule has 15 heteroatoms. The number of halogens is 3. The van der Waals surface area contributed by atoms with Crippen LogP contribution in [0.2, 0.25) is 0 Å². The number of aromatic nitrogens is 1. The Morgan fingerprint density at radius 3 is 2.43 bits per heavy atom. The molecule has 10 nitrogen and oxygen atoms in total. The lowest BCUT2D eigenvalue weighted by Gasteiger charge is -2.50. The summed E-state index contributed by atoms with van der Waals surface area (Å²) in [5.41, 5.74) is -2.84. The van der Waals surface area contributed by atoms with Crippen molar-refractivity contribution in [2.24, 2.45) is 0 Å². The predicted molar refractivity (Wildman–Crippen MR) is 201 cm³/mol. The van der Waals surface area contributed by atoms with Gasteiger partial charge in [-0.05, 0) is 43.9 Å². The number of hydrogen-bond donors (Lipinski definition) is 0. The van der Waals surface area contributed by atoms with Crippen molar-refractivity contribution in [1.82, 2.24) is 14.8 Å². The maximum absolute atomic E-state index is 15.0. The molecule has 54 heavy (non-hydrogen) atoms. The van der Waals surface area contributed by atoms with E-state index in [2.05, 4.69) is 9.83 Å². The van der Waals surface area contributed by atoms with Crippen LogP contribution in [-0.2, 0) is 37.6 Å². The number of piperidine rings is 2. The third-order valence-corrected chi connectivity index (χ3v) is 11.8. The first-order valence-electron chi connectivity index (χ1n) is 17.6. The number of pyridine rings is 1. The number of Topliss-reactive ketones (excluding diaryl/α,β-unsaturated/α-hetero) is 1. The van der Waals surface area contributed by atoms with E-state index in [1.54, 1.807) is 22.4 Å². The second-order valence-electron chi connectivity index (χ2n) is 13.9. The van der Waals surface area contributed by atoms with E-state index in [1.165, 1.54) is 16.2 Å². The number of ketones is 1. The number of nitrogens with zero attached hydrogens (tertiary/aromatic N) is 4. The Morgan fingerprint density at radius 2 is 1.81 bits per heavy atom. The maximum Gasteiger partial charge on any atom is 0.417 e. The van der Waals surface area contributed by atoms with Crippen molar-refractivity contribution < 1.29 is 40.7 Å². The van der Waals surface area contributed by atoms with Gasteiger partial charge in [-0.2, -0.15) is 13.2 Å². The molecule has 292 valence electrons. The number of carbonyl (C=O) groups is 3. The molecule has 0 radical (unpaired) electrons. The largest absolute Gasteiger partial charge is 0.474 e. The lowest BCUT2D eigenvalue weighted by atomic mass is 9.76. The van der Waals surface area contributed by atoms with Gasteiger partial charge in [0.15, 0.2) is 9.84 Å². The van der Waals surface area contributed by atoms with Crippen LogP contribution in [0.15, 0.2) is 54.2 Å². The van der Waals surface area contributed by atoms with E-state index in [0.29, 0.717) is 18.6 Å². The molecule has 5 rings (SSSR count). The molecular weight excluding hydrogens is 742 g/mol. The van der Waals surface area contributed by atoms with Crippen molar-refractivity contribution in [3.05, 3.63) is 92.7 Å². The molecule has 2 atom stereocenters. The van der Waals surface area contributed by atoms with Gasteiger partial charge in [-0.25, -0.2) is 15.0 Å². The average Bonchev–Trinajstić information content (AvgIpc) is 3.53. The van der Waals surface area contributed by atoms with Crippen molar-refractivity contribution >= 4 is 38.8 Å². The van der Waals surface area contributed by atoms with Gasteiger partial charge in [0.2, 0.25) is 5.60 Å². The van der Waals surface area contributed by atoms with E-state index in [4.69, 9.17) is 11.3 Å². The van der Waals surface area contributed by atoms with Crippen molar-refractivity contribution in [3.63, 3.8) is 0 Å². The summed E-state index contributed by atoms with van der Waals surface area (Å²) in [5.74, 6) is -1.80. The van der Waals surface area contributed by atoms with Gasteiger partial charge in [0.1, 0.15) is 17.3 Å². The van der Waals surface area contributed by atoms with E-state index in [-0.39, 0.29) is 65.6 Å². The predicted octanol–water partition coefficient (Wildman–Crippen LogP) is 7.31. The standard InChI is InChI=1S/C38H43F3N4O6S2.CH4/c1-5-9-33-37(51-29-22-26(2)52-24-29,15-8-19-45(33)34(47)30-23-43-18-14-32(30)38(39,40)41)35(48)44-20-16-36(42-3,17-21-44)31-11-7-6-10-27(31)12-13-28(46)25-53(4,49)50;/h6-7,10-11,14,18,22-24,33H,5,8-9,12-13,15-17,19-21,25H2,1-2,4H3;1H4/t33-,37+;/m1./s1. The summed E-state index contributed by atoms with van der Waals surface area (Å²) < 4.78 is 72.2. The molecule has 4 heterocycles. The number of carbonyl (C=O) groups excluding carboxylic acids is 3. The van der Waals surface area contributed by atoms with Gasteiger partial charge in [-0.3, -0.25) is 19.4 Å². The number of likely N-dealkylation sites (tertiary alicyclic amines) is 2. The van der Waals surface area contributed by atoms with Crippen molar-refractivity contribution in [2.75, 3.05) is 31.6 Å². The van der Waals surface area contributed by atoms with Crippen LogP contribution in [0.1, 0.15) is 91.2 Å². The normalized spacial score (nSPS) is 20.1. The van der Waals surface area contributed by atoms with E-state index < -0.39 is 67.7 Å². The minimum atomic E-state index is -4.80. The Labute approximate surface area is 319 Å². The summed E-state index contributed by atoms with van der Waals surface area (Å²) in [5, 5.41) is 1.77. The van der Waals surface area contributed by atoms with Gasteiger partial charge < -0.3 is 19.4 Å². The first kappa shape index (κ1) is 42.5. The monoisotopic (exact) mass is 788 g/mol. The molecule has 2 fully saturated rings. The molecule has 0 unspecified atom stereocenters. The van der Waals surface area contributed by atoms with Gasteiger partial charge in [0.05, 0.1) is 17.2 Å². The highest BCUT2D eigenvalue weighted by Gasteiger charge is 2.57. The number of benzene rings is 1. The van der Waals surface area contributed by atoms with Crippen molar-refractivity contribution in [2.45, 2.75) is 96.0 Å². The summed E-state index contributed by atoms with van der Waals surface area (Å²) in [6, 6.07) is 8.95. The lowest BCUT2D eigenvalue weighted by Crippen LogP contribution is -2.68. The first-order chi connectivity index (χ1) is 25.0. The van der Waals surface area contributed by atoms with E-state index >= 15 is 4.79 Å². The number of alkyl halides is 3. The molecule has 1 aromatic carbocycles. The van der Waals surface area contributed by atoms with Crippen LogP contribution < -0.4 is 4.74 Å². The van der Waals surface area contributed by atoms with Crippen molar-refractivity contribution in [3.8, 4) is 5.75 Å². The summed E-state index contributed by atoms with van der Waals surface area (Å²) in [4.78, 5) is 53.3. The lowest BCUT2D eigenvalue weighted by molar-refractivity contribution is -0.160. The molecule has 2 aromatic heterocycles. The zero-order valence-corrected chi connectivity index (χ0v) is 31.6. The smallest absolute Gasteiger partial charge is 0.417 e. The SMILES string of the molecule is C.[C-]#[N+]C1(c2ccccc2CCC(=O)CS(C)(=O)=O)CCN(C(=O)[C@]2(Oc3csc(C)c3)CCCN(C(=O)c3cnccc3C(F)(F)F)[C@@H]2CCC)CC1. The number of rotatable bonds is 12. The second-order valence-corrected chi connectivity index (χ2v) is 17.2. The fraction of sp³-hybridized carbons (Fsp3) is 0.513. The van der Waals surface area contributed by atoms with Crippen LogP contribution >= 0.6 is 11.3 Å². The highest BCUT2D eigenvalue weighted by Crippen LogP contribution is 2.43. The van der Waals surface area contributed by atoms with Gasteiger partial charge in [0.25, 0.3) is 17.4 Å². The molecule has 2 aliphatic rings. The number of hydrogen-bond acceptors (Lipinski definition) is 8. The zero-order valence-electron chi connectivity index (χ0n) is 29.9. The molecule has 0 spiro atoms. The molecule has 2 aliphatic heterocycles. The quantitative estimate of drug-likeness (QED) is 0.177. The van der Waals surface area contributed by atoms with Crippen LogP contribution in [0.25, 0.3) is 4.85 Å². The van der Waals surface area contributed by atoms with Gasteiger partial charge in [-0.1, -0.05) is 45.0 Å². The fourth-order valence-corrected chi connectivity index (χ4v) is 9.01. The first-order valence-corrected chi connectivity index (χ1v) is 20.5. The summed E-state index contributed by atoms with van der Waals surface area (Å²) >= 11 is 1.42. The Bertz CT molecular complexity index is 1990. The molecule has 3 aromatic rings. The van der Waals surface area contributed by atoms with Crippen LogP contribution in [0.3, 0.4) is 0 Å². The molecule has 0 N–H and O–H groups in total. The Hall–Kier alpha value is -4.29. The van der Waals surface area contributed by atoms with Crippen LogP contribution in [0.4, 0.5) is 13.2 Å². The number of sulfone groups is 1. The number of ether oxygens (including phenoxy) is 1. The van der Waals surface area contributed by atoms with Crippen LogP contribution in [0, 0.1) is 13.5 Å². The average molecular weight is 789 g/mol. The van der Waals surface area contributed by atoms with E-state index in [0.717, 1.165) is 40.7 Å². The molecule has 0 bridgehead atoms. The summed E-state index contributed by atoms with van der Waals surface area (Å²) in [6.45, 7) is 12.5. The van der Waals surface area contributed by atoms with E-state index in [1.807, 2.05) is 32.0 Å². The fourth-order valence-electron chi connectivity index (χ4n) is 7.67. The number of aryl methyl sites for hydroxylation is 2. The topological polar surface area (TPSA) is 118 Å². The van der Waals surface area contributed by atoms with Gasteiger partial charge >= 0.3 is 6.18 Å². The Balaban J connectivity index is 0.00000650. The molecular formula is C39H47F3N4O6S2. The van der Waals surface area contributed by atoms with Gasteiger partial charge in [-0.15, -0.1) is 11.3 Å². The Morgan fingerprint density at radius 1 is 1.11 bits per heavy atom. The maximum atomic E-state index is 15.0. The minimum Gasteiger partial charge on any atom is -0.474 e. The zero-order chi connectivity index (χ0) is 38.6. The minimum absolute atomic E-state index is 0. The molecule has 0 saturated carbocycles. The highest BCUT2D eigenvalue weighted by molar-refractivity contribution is 7.91. The second kappa shape index (κ2) is 17.0. The third kappa shape index (κ3) is 9.14. The Kier molecular flexibility index (Phi) is 13.4. The summed E-state index contributed by atoms with van der Waals surface area (Å²) in [6.07, 6.45) is 0.231. The van der Waals surface area contributed by atoms with Crippen LogP contribution in [0.5, 0.6) is 5.75 Å². The summed E-state index contributed by atoms with van der Waals surface area (Å²) in [7, 11) is -3.48. The molecule has 2 amide bonds. The van der Waals surface area contributed by atoms with Crippen LogP contribution in [-0.4, -0.2) is 84.1 Å². The van der Waals surface area contributed by atoms with Crippen molar-refractivity contribution in [1.29, 1.82) is 0 Å². The molecule has 0 aliphatic carbocycles. The molecule has 2 saturated heterocycles. The third-order valence-electron chi connectivity index (χ3n) is 10.1.